The van der Waals surface area contributed by atoms with E-state index >= 15 is 0 Å². The second kappa shape index (κ2) is 3.63. The summed E-state index contributed by atoms with van der Waals surface area (Å²) in [7, 11) is 1.64. The van der Waals surface area contributed by atoms with Gasteiger partial charge in [-0.1, -0.05) is 24.6 Å². The molecule has 0 aliphatic heterocycles. The minimum atomic E-state index is 0.784. The van der Waals surface area contributed by atoms with Crippen molar-refractivity contribution in [2.45, 2.75) is 13.3 Å². The molecule has 2 heteroatoms. The van der Waals surface area contributed by atoms with Crippen LogP contribution in [-0.2, 0) is 6.42 Å². The van der Waals surface area contributed by atoms with Crippen molar-refractivity contribution in [1.82, 2.24) is 0 Å². The highest BCUT2D eigenvalue weighted by molar-refractivity contribution is 6.31. The van der Waals surface area contributed by atoms with E-state index in [-0.39, 0.29) is 0 Å². The molecular formula is C9H11ClO. The molecule has 0 aliphatic rings. The molecule has 0 spiro atoms. The SMILES string of the molecule is CCc1ccc(OC)cc1Cl. The lowest BCUT2D eigenvalue weighted by atomic mass is 10.2. The Morgan fingerprint density at radius 1 is 1.45 bits per heavy atom. The lowest BCUT2D eigenvalue weighted by molar-refractivity contribution is 0.414. The van der Waals surface area contributed by atoms with Gasteiger partial charge in [0.15, 0.2) is 0 Å². The Hall–Kier alpha value is -0.690. The van der Waals surface area contributed by atoms with Crippen molar-refractivity contribution in [2.24, 2.45) is 0 Å². The Labute approximate surface area is 71.9 Å². The van der Waals surface area contributed by atoms with Gasteiger partial charge in [-0.25, -0.2) is 0 Å². The topological polar surface area (TPSA) is 9.23 Å². The first kappa shape index (κ1) is 8.41. The maximum atomic E-state index is 5.93. The number of halogens is 1. The normalized spacial score (nSPS) is 9.73. The van der Waals surface area contributed by atoms with Crippen LogP contribution >= 0.6 is 11.6 Å². The van der Waals surface area contributed by atoms with E-state index in [4.69, 9.17) is 16.3 Å². The third-order valence-corrected chi connectivity index (χ3v) is 1.99. The first-order valence-electron chi connectivity index (χ1n) is 3.60. The van der Waals surface area contributed by atoms with Crippen LogP contribution in [0.3, 0.4) is 0 Å². The fourth-order valence-electron chi connectivity index (χ4n) is 0.942. The summed E-state index contributed by atoms with van der Waals surface area (Å²) in [6.45, 7) is 2.08. The van der Waals surface area contributed by atoms with Crippen LogP contribution in [0, 0.1) is 0 Å². The van der Waals surface area contributed by atoms with Crippen LogP contribution in [0.1, 0.15) is 12.5 Å². The van der Waals surface area contributed by atoms with E-state index in [0.717, 1.165) is 22.8 Å². The Morgan fingerprint density at radius 3 is 2.64 bits per heavy atom. The van der Waals surface area contributed by atoms with E-state index in [2.05, 4.69) is 6.92 Å². The third kappa shape index (κ3) is 1.87. The molecular weight excluding hydrogens is 160 g/mol. The Morgan fingerprint density at radius 2 is 2.18 bits per heavy atom. The summed E-state index contributed by atoms with van der Waals surface area (Å²) >= 11 is 5.93. The maximum absolute atomic E-state index is 5.93. The van der Waals surface area contributed by atoms with Gasteiger partial charge in [-0.2, -0.15) is 0 Å². The van der Waals surface area contributed by atoms with E-state index < -0.39 is 0 Å². The first-order chi connectivity index (χ1) is 5.27. The summed E-state index contributed by atoms with van der Waals surface area (Å²) in [5, 5.41) is 0.784. The molecule has 0 heterocycles. The summed E-state index contributed by atoms with van der Waals surface area (Å²) < 4.78 is 5.01. The number of rotatable bonds is 2. The lowest BCUT2D eigenvalue weighted by Crippen LogP contribution is -1.85. The van der Waals surface area contributed by atoms with Crippen LogP contribution in [0.15, 0.2) is 18.2 Å². The summed E-state index contributed by atoms with van der Waals surface area (Å²) in [5.74, 6) is 0.812. The molecule has 0 aromatic heterocycles. The van der Waals surface area contributed by atoms with Crippen molar-refractivity contribution in [2.75, 3.05) is 7.11 Å². The molecule has 1 aromatic carbocycles. The fraction of sp³-hybridized carbons (Fsp3) is 0.333. The van der Waals surface area contributed by atoms with Gasteiger partial charge >= 0.3 is 0 Å². The second-order valence-corrected chi connectivity index (χ2v) is 2.72. The van der Waals surface area contributed by atoms with Crippen molar-refractivity contribution < 1.29 is 4.74 Å². The molecule has 0 N–H and O–H groups in total. The van der Waals surface area contributed by atoms with Crippen LogP contribution in [-0.4, -0.2) is 7.11 Å². The molecule has 11 heavy (non-hydrogen) atoms. The smallest absolute Gasteiger partial charge is 0.120 e. The zero-order valence-corrected chi connectivity index (χ0v) is 7.48. The molecule has 1 aromatic rings. The fourth-order valence-corrected chi connectivity index (χ4v) is 1.25. The average Bonchev–Trinajstić information content (AvgIpc) is 2.04. The van der Waals surface area contributed by atoms with Gasteiger partial charge < -0.3 is 4.74 Å². The van der Waals surface area contributed by atoms with Crippen LogP contribution in [0.4, 0.5) is 0 Å². The zero-order valence-electron chi connectivity index (χ0n) is 6.73. The molecule has 1 nitrogen and oxygen atoms in total. The van der Waals surface area contributed by atoms with E-state index in [9.17, 15) is 0 Å². The van der Waals surface area contributed by atoms with Crippen LogP contribution in [0.5, 0.6) is 5.75 Å². The average molecular weight is 171 g/mol. The largest absolute Gasteiger partial charge is 0.497 e. The van der Waals surface area contributed by atoms with Crippen molar-refractivity contribution >= 4 is 11.6 Å². The van der Waals surface area contributed by atoms with Gasteiger partial charge in [0.2, 0.25) is 0 Å². The highest BCUT2D eigenvalue weighted by atomic mass is 35.5. The molecule has 0 saturated carbocycles. The first-order valence-corrected chi connectivity index (χ1v) is 3.98. The van der Waals surface area contributed by atoms with Crippen LogP contribution in [0.25, 0.3) is 0 Å². The second-order valence-electron chi connectivity index (χ2n) is 2.31. The maximum Gasteiger partial charge on any atom is 0.120 e. The Balaban J connectivity index is 2.99. The van der Waals surface area contributed by atoms with Crippen molar-refractivity contribution in [3.8, 4) is 5.75 Å². The van der Waals surface area contributed by atoms with Crippen molar-refractivity contribution in [1.29, 1.82) is 0 Å². The predicted octanol–water partition coefficient (Wildman–Crippen LogP) is 2.91. The van der Waals surface area contributed by atoms with Gasteiger partial charge in [-0.3, -0.25) is 0 Å². The standard InChI is InChI=1S/C9H11ClO/c1-3-7-4-5-8(11-2)6-9(7)10/h4-6H,3H2,1-2H3. The molecule has 1 rings (SSSR count). The van der Waals surface area contributed by atoms with Gasteiger partial charge in [0.05, 0.1) is 7.11 Å². The highest BCUT2D eigenvalue weighted by Gasteiger charge is 1.98. The number of benzene rings is 1. The lowest BCUT2D eigenvalue weighted by Gasteiger charge is -2.03. The minimum Gasteiger partial charge on any atom is -0.497 e. The van der Waals surface area contributed by atoms with Gasteiger partial charge in [0, 0.05) is 5.02 Å². The van der Waals surface area contributed by atoms with Gasteiger partial charge in [0.25, 0.3) is 0 Å². The number of hydrogen-bond donors (Lipinski definition) is 0. The van der Waals surface area contributed by atoms with E-state index in [1.165, 1.54) is 0 Å². The molecule has 0 atom stereocenters. The van der Waals surface area contributed by atoms with E-state index in [1.54, 1.807) is 7.11 Å². The van der Waals surface area contributed by atoms with Gasteiger partial charge in [0.1, 0.15) is 5.75 Å². The Kier molecular flexibility index (Phi) is 2.77. The van der Waals surface area contributed by atoms with Crippen LogP contribution < -0.4 is 4.74 Å². The number of ether oxygens (including phenoxy) is 1. The molecule has 0 saturated heterocycles. The van der Waals surface area contributed by atoms with Gasteiger partial charge in [-0.15, -0.1) is 0 Å². The molecule has 0 amide bonds. The molecule has 0 bridgehead atoms. The highest BCUT2D eigenvalue weighted by Crippen LogP contribution is 2.22. The summed E-state index contributed by atoms with van der Waals surface area (Å²) in [5.41, 5.74) is 1.16. The zero-order chi connectivity index (χ0) is 8.27. The van der Waals surface area contributed by atoms with Crippen molar-refractivity contribution in [3.63, 3.8) is 0 Å². The molecule has 0 fully saturated rings. The number of aryl methyl sites for hydroxylation is 1. The van der Waals surface area contributed by atoms with Crippen LogP contribution in [0.2, 0.25) is 5.02 Å². The summed E-state index contributed by atoms with van der Waals surface area (Å²) in [4.78, 5) is 0. The minimum absolute atomic E-state index is 0.784. The third-order valence-electron chi connectivity index (χ3n) is 1.64. The number of methoxy groups -OCH3 is 1. The molecule has 0 aliphatic carbocycles. The van der Waals surface area contributed by atoms with Gasteiger partial charge in [-0.05, 0) is 24.1 Å². The molecule has 60 valence electrons. The van der Waals surface area contributed by atoms with E-state index in [1.807, 2.05) is 18.2 Å². The van der Waals surface area contributed by atoms with E-state index in [0.29, 0.717) is 0 Å². The Bertz CT molecular complexity index is 245. The quantitative estimate of drug-likeness (QED) is 0.663. The summed E-state index contributed by atoms with van der Waals surface area (Å²) in [6.07, 6.45) is 0.961. The monoisotopic (exact) mass is 170 g/mol. The molecule has 0 unspecified atom stereocenters. The number of hydrogen-bond acceptors (Lipinski definition) is 1. The molecule has 0 radical (unpaired) electrons. The van der Waals surface area contributed by atoms with Crippen molar-refractivity contribution in [3.05, 3.63) is 28.8 Å². The predicted molar refractivity (Wildman–Crippen MR) is 47.4 cm³/mol. The summed E-state index contributed by atoms with van der Waals surface area (Å²) in [6, 6.07) is 5.74.